The highest BCUT2D eigenvalue weighted by molar-refractivity contribution is 9.10. The summed E-state index contributed by atoms with van der Waals surface area (Å²) in [7, 11) is 1.50. The zero-order chi connectivity index (χ0) is 24.2. The number of rotatable bonds is 8. The molecule has 1 N–H and O–H groups in total. The van der Waals surface area contributed by atoms with Crippen molar-refractivity contribution >= 4 is 33.4 Å². The summed E-state index contributed by atoms with van der Waals surface area (Å²) in [6.45, 7) is 3.98. The van der Waals surface area contributed by atoms with E-state index in [0.29, 0.717) is 28.4 Å². The van der Waals surface area contributed by atoms with Crippen molar-refractivity contribution in [2.45, 2.75) is 12.6 Å². The molecule has 1 atom stereocenters. The Balaban J connectivity index is 1.86. The molecular formula is C26H22BrNO6. The molecule has 34 heavy (non-hydrogen) atoms. The second-order valence-corrected chi connectivity index (χ2v) is 8.44. The Morgan fingerprint density at radius 2 is 1.94 bits per heavy atom. The van der Waals surface area contributed by atoms with Gasteiger partial charge in [-0.2, -0.15) is 0 Å². The number of carbonyl (C=O) groups excluding carboxylic acids is 2. The molecule has 3 aromatic rings. The van der Waals surface area contributed by atoms with E-state index in [1.807, 2.05) is 0 Å². The minimum absolute atomic E-state index is 0.0132. The van der Waals surface area contributed by atoms with E-state index in [9.17, 15) is 14.7 Å². The molecule has 2 aromatic carbocycles. The van der Waals surface area contributed by atoms with E-state index in [1.54, 1.807) is 60.7 Å². The number of ether oxygens (including phenoxy) is 2. The number of nitrogens with zero attached hydrogens (tertiary/aromatic N) is 1. The largest absolute Gasteiger partial charge is 0.507 e. The number of furan rings is 1. The third kappa shape index (κ3) is 4.49. The third-order valence-corrected chi connectivity index (χ3v) is 5.95. The van der Waals surface area contributed by atoms with Gasteiger partial charge >= 0.3 is 0 Å². The first-order valence-electron chi connectivity index (χ1n) is 10.4. The van der Waals surface area contributed by atoms with Crippen molar-refractivity contribution in [1.82, 2.24) is 4.90 Å². The minimum atomic E-state index is -0.865. The first kappa shape index (κ1) is 23.4. The predicted octanol–water partition coefficient (Wildman–Crippen LogP) is 5.24. The van der Waals surface area contributed by atoms with Crippen LogP contribution in [0.15, 0.2) is 88.0 Å². The summed E-state index contributed by atoms with van der Waals surface area (Å²) in [5, 5.41) is 11.1. The van der Waals surface area contributed by atoms with Crippen molar-refractivity contribution in [2.24, 2.45) is 0 Å². The maximum atomic E-state index is 13.2. The Morgan fingerprint density at radius 3 is 2.59 bits per heavy atom. The summed E-state index contributed by atoms with van der Waals surface area (Å²) in [4.78, 5) is 27.6. The standard InChI is InChI=1S/C26H22BrNO6/c1-3-12-34-20-11-8-17(14-21(20)32-2)23-22(24(29)16-6-9-18(27)10-7-16)25(30)26(31)28(23)15-19-5-4-13-33-19/h3-11,13-14,23,29H,1,12,15H2,2H3/b24-22+. The summed E-state index contributed by atoms with van der Waals surface area (Å²) in [6, 6.07) is 14.5. The highest BCUT2D eigenvalue weighted by atomic mass is 79.9. The van der Waals surface area contributed by atoms with Gasteiger partial charge in [-0.05, 0) is 42.0 Å². The summed E-state index contributed by atoms with van der Waals surface area (Å²) in [5.74, 6) is -0.347. The number of halogens is 1. The van der Waals surface area contributed by atoms with E-state index in [4.69, 9.17) is 13.9 Å². The van der Waals surface area contributed by atoms with Crippen LogP contribution in [0, 0.1) is 0 Å². The van der Waals surface area contributed by atoms with Crippen LogP contribution in [0.3, 0.4) is 0 Å². The van der Waals surface area contributed by atoms with Gasteiger partial charge in [-0.1, -0.05) is 46.8 Å². The topological polar surface area (TPSA) is 89.2 Å². The lowest BCUT2D eigenvalue weighted by atomic mass is 9.95. The Morgan fingerprint density at radius 1 is 1.18 bits per heavy atom. The van der Waals surface area contributed by atoms with Crippen molar-refractivity contribution in [3.05, 3.63) is 100 Å². The van der Waals surface area contributed by atoms with E-state index < -0.39 is 17.7 Å². The molecule has 8 heteroatoms. The van der Waals surface area contributed by atoms with Gasteiger partial charge < -0.3 is 23.9 Å². The van der Waals surface area contributed by atoms with Crippen LogP contribution >= 0.6 is 15.9 Å². The normalized spacial score (nSPS) is 17.1. The summed E-state index contributed by atoms with van der Waals surface area (Å²) >= 11 is 3.36. The van der Waals surface area contributed by atoms with E-state index in [-0.39, 0.29) is 24.5 Å². The third-order valence-electron chi connectivity index (χ3n) is 5.42. The van der Waals surface area contributed by atoms with Crippen molar-refractivity contribution in [2.75, 3.05) is 13.7 Å². The van der Waals surface area contributed by atoms with Gasteiger partial charge in [0, 0.05) is 10.0 Å². The molecule has 1 amide bonds. The Bertz CT molecular complexity index is 1250. The number of likely N-dealkylation sites (tertiary alicyclic amines) is 1. The van der Waals surface area contributed by atoms with Crippen LogP contribution in [0.2, 0.25) is 0 Å². The van der Waals surface area contributed by atoms with Crippen molar-refractivity contribution < 1.29 is 28.6 Å². The fraction of sp³-hybridized carbons (Fsp3) is 0.154. The van der Waals surface area contributed by atoms with Gasteiger partial charge in [0.25, 0.3) is 11.7 Å². The number of hydrogen-bond donors (Lipinski definition) is 1. The average molecular weight is 524 g/mol. The highest BCUT2D eigenvalue weighted by Crippen LogP contribution is 2.42. The predicted molar refractivity (Wildman–Crippen MR) is 129 cm³/mol. The summed E-state index contributed by atoms with van der Waals surface area (Å²) < 4.78 is 17.4. The monoisotopic (exact) mass is 523 g/mol. The Labute approximate surface area is 205 Å². The zero-order valence-corrected chi connectivity index (χ0v) is 19.9. The number of benzene rings is 2. The second kappa shape index (κ2) is 10.0. The molecule has 0 spiro atoms. The van der Waals surface area contributed by atoms with Crippen LogP contribution in [-0.2, 0) is 16.1 Å². The van der Waals surface area contributed by atoms with Gasteiger partial charge in [-0.3, -0.25) is 9.59 Å². The van der Waals surface area contributed by atoms with Crippen LogP contribution in [0.5, 0.6) is 11.5 Å². The molecule has 7 nitrogen and oxygen atoms in total. The zero-order valence-electron chi connectivity index (χ0n) is 18.4. The number of hydrogen-bond acceptors (Lipinski definition) is 6. The fourth-order valence-electron chi connectivity index (χ4n) is 3.85. The lowest BCUT2D eigenvalue weighted by Crippen LogP contribution is -2.29. The molecule has 1 unspecified atom stereocenters. The van der Waals surface area contributed by atoms with Crippen LogP contribution in [0.4, 0.5) is 0 Å². The molecule has 4 rings (SSSR count). The maximum absolute atomic E-state index is 13.2. The lowest BCUT2D eigenvalue weighted by Gasteiger charge is -2.25. The molecule has 0 saturated carbocycles. The quantitative estimate of drug-likeness (QED) is 0.188. The molecule has 174 valence electrons. The van der Waals surface area contributed by atoms with Gasteiger partial charge in [-0.25, -0.2) is 0 Å². The van der Waals surface area contributed by atoms with Gasteiger partial charge in [0.1, 0.15) is 18.1 Å². The molecule has 1 aromatic heterocycles. The van der Waals surface area contributed by atoms with Crippen LogP contribution in [0.25, 0.3) is 5.76 Å². The molecule has 0 bridgehead atoms. The molecular weight excluding hydrogens is 502 g/mol. The number of aliphatic hydroxyl groups is 1. The van der Waals surface area contributed by atoms with Crippen LogP contribution in [-0.4, -0.2) is 35.4 Å². The van der Waals surface area contributed by atoms with Gasteiger partial charge in [-0.15, -0.1) is 0 Å². The molecule has 0 radical (unpaired) electrons. The number of ketones is 1. The number of carbonyl (C=O) groups is 2. The van der Waals surface area contributed by atoms with Crippen molar-refractivity contribution in [3.8, 4) is 11.5 Å². The smallest absolute Gasteiger partial charge is 0.296 e. The molecule has 0 aliphatic carbocycles. The van der Waals surface area contributed by atoms with E-state index in [0.717, 1.165) is 4.47 Å². The lowest BCUT2D eigenvalue weighted by molar-refractivity contribution is -0.140. The molecule has 1 saturated heterocycles. The molecule has 2 heterocycles. The minimum Gasteiger partial charge on any atom is -0.507 e. The van der Waals surface area contributed by atoms with E-state index in [2.05, 4.69) is 22.5 Å². The van der Waals surface area contributed by atoms with Gasteiger partial charge in [0.2, 0.25) is 0 Å². The second-order valence-electron chi connectivity index (χ2n) is 7.52. The van der Waals surface area contributed by atoms with E-state index in [1.165, 1.54) is 18.3 Å². The summed E-state index contributed by atoms with van der Waals surface area (Å²) in [6.07, 6.45) is 3.11. The summed E-state index contributed by atoms with van der Waals surface area (Å²) in [5.41, 5.74) is 0.981. The van der Waals surface area contributed by atoms with Crippen LogP contribution < -0.4 is 9.47 Å². The van der Waals surface area contributed by atoms with Crippen molar-refractivity contribution in [1.29, 1.82) is 0 Å². The Hall–Kier alpha value is -3.78. The molecule has 1 aliphatic heterocycles. The maximum Gasteiger partial charge on any atom is 0.296 e. The van der Waals surface area contributed by atoms with Crippen molar-refractivity contribution in [3.63, 3.8) is 0 Å². The SMILES string of the molecule is C=CCOc1ccc(C2/C(=C(\O)c3ccc(Br)cc3)C(=O)C(=O)N2Cc2ccco2)cc1OC. The molecule has 1 fully saturated rings. The highest BCUT2D eigenvalue weighted by Gasteiger charge is 2.46. The number of Topliss-reactive ketones (excluding diaryl/α,β-unsaturated/α-hetero) is 1. The number of amides is 1. The number of aliphatic hydroxyl groups excluding tert-OH is 1. The van der Waals surface area contributed by atoms with Gasteiger partial charge in [0.15, 0.2) is 11.5 Å². The number of methoxy groups -OCH3 is 1. The van der Waals surface area contributed by atoms with Gasteiger partial charge in [0.05, 0.1) is 31.5 Å². The van der Waals surface area contributed by atoms with Crippen LogP contribution in [0.1, 0.15) is 22.9 Å². The average Bonchev–Trinajstić information content (AvgIpc) is 3.45. The first-order valence-corrected chi connectivity index (χ1v) is 11.2. The van der Waals surface area contributed by atoms with E-state index >= 15 is 0 Å². The Kier molecular flexibility index (Phi) is 6.88. The first-order chi connectivity index (χ1) is 16.4. The molecule has 1 aliphatic rings. The fourth-order valence-corrected chi connectivity index (χ4v) is 4.11.